The third kappa shape index (κ3) is 3.77. The van der Waals surface area contributed by atoms with Crippen LogP contribution in [-0.4, -0.2) is 11.2 Å². The van der Waals surface area contributed by atoms with Crippen LogP contribution in [0.25, 0.3) is 0 Å². The smallest absolute Gasteiger partial charge is 0.270 e. The minimum Gasteiger partial charge on any atom is -0.463 e. The van der Waals surface area contributed by atoms with E-state index in [1.807, 2.05) is 24.5 Å². The molecule has 1 aromatic carbocycles. The number of nitro groups is 1. The Hall–Kier alpha value is -2.46. The largest absolute Gasteiger partial charge is 0.463 e. The topological polar surface area (TPSA) is 92.1 Å². The Morgan fingerprint density at radius 3 is 2.81 bits per heavy atom. The first-order valence-electron chi connectivity index (χ1n) is 6.13. The van der Waals surface area contributed by atoms with Gasteiger partial charge in [-0.2, -0.15) is 17.0 Å². The molecule has 2 rings (SSSR count). The lowest BCUT2D eigenvalue weighted by Gasteiger charge is -2.06. The van der Waals surface area contributed by atoms with Crippen molar-refractivity contribution in [1.82, 2.24) is 0 Å². The number of nitro benzene ring substituents is 1. The number of nitrogens with zero attached hydrogens (tertiary/aromatic N) is 2. The predicted molar refractivity (Wildman–Crippen MR) is 81.1 cm³/mol. The summed E-state index contributed by atoms with van der Waals surface area (Å²) >= 11 is 1.67. The highest BCUT2D eigenvalue weighted by atomic mass is 32.2. The quantitative estimate of drug-likeness (QED) is 0.648. The van der Waals surface area contributed by atoms with Crippen molar-refractivity contribution in [2.75, 3.05) is 11.6 Å². The minimum atomic E-state index is -0.522. The van der Waals surface area contributed by atoms with Crippen molar-refractivity contribution in [3.05, 3.63) is 57.5 Å². The van der Waals surface area contributed by atoms with E-state index >= 15 is 0 Å². The molecule has 2 aromatic rings. The molecule has 0 unspecified atom stereocenters. The van der Waals surface area contributed by atoms with E-state index in [0.29, 0.717) is 12.2 Å². The summed E-state index contributed by atoms with van der Waals surface area (Å²) in [4.78, 5) is 10.2. The average Bonchev–Trinajstić information content (AvgIpc) is 2.93. The highest BCUT2D eigenvalue weighted by Gasteiger charge is 2.11. The fraction of sp³-hybridized carbons (Fsp3) is 0.214. The summed E-state index contributed by atoms with van der Waals surface area (Å²) in [6.45, 7) is 0.418. The molecule has 1 N–H and O–H groups in total. The maximum Gasteiger partial charge on any atom is 0.270 e. The van der Waals surface area contributed by atoms with Gasteiger partial charge in [0.05, 0.1) is 28.5 Å². The molecule has 0 radical (unpaired) electrons. The number of hydrogen-bond donors (Lipinski definition) is 1. The molecule has 1 aromatic heterocycles. The van der Waals surface area contributed by atoms with Crippen molar-refractivity contribution in [3.63, 3.8) is 0 Å². The van der Waals surface area contributed by atoms with Gasteiger partial charge in [0.15, 0.2) is 0 Å². The normalized spacial score (nSPS) is 10.1. The maximum atomic E-state index is 10.7. The molecule has 1 heterocycles. The lowest BCUT2D eigenvalue weighted by Crippen LogP contribution is -2.01. The standard InChI is InChI=1S/C14H13N3O3S/c1-21-9-13-4-3-12(20-13)8-16-14-5-2-11(17(18)19)6-10(14)7-15/h2-6,16H,8-9H2,1H3. The van der Waals surface area contributed by atoms with Crippen molar-refractivity contribution in [2.24, 2.45) is 0 Å². The van der Waals surface area contributed by atoms with Gasteiger partial charge in [-0.1, -0.05) is 0 Å². The fourth-order valence-electron chi connectivity index (χ4n) is 1.81. The summed E-state index contributed by atoms with van der Waals surface area (Å²) < 4.78 is 5.61. The van der Waals surface area contributed by atoms with Gasteiger partial charge in [0, 0.05) is 12.1 Å². The summed E-state index contributed by atoms with van der Waals surface area (Å²) in [7, 11) is 0. The molecule has 0 bridgehead atoms. The van der Waals surface area contributed by atoms with Crippen LogP contribution in [0.3, 0.4) is 0 Å². The van der Waals surface area contributed by atoms with Gasteiger partial charge in [-0.05, 0) is 24.5 Å². The van der Waals surface area contributed by atoms with Gasteiger partial charge in [-0.3, -0.25) is 10.1 Å². The van der Waals surface area contributed by atoms with Gasteiger partial charge in [-0.25, -0.2) is 0 Å². The average molecular weight is 303 g/mol. The van der Waals surface area contributed by atoms with E-state index in [2.05, 4.69) is 5.32 Å². The lowest BCUT2D eigenvalue weighted by molar-refractivity contribution is -0.384. The summed E-state index contributed by atoms with van der Waals surface area (Å²) in [5.74, 6) is 2.45. The second kappa shape index (κ2) is 6.81. The van der Waals surface area contributed by atoms with Gasteiger partial charge in [0.1, 0.15) is 17.6 Å². The number of benzene rings is 1. The first kappa shape index (κ1) is 14.9. The highest BCUT2D eigenvalue weighted by Crippen LogP contribution is 2.22. The second-order valence-corrected chi connectivity index (χ2v) is 5.12. The number of anilines is 1. The number of non-ortho nitro benzene ring substituents is 1. The highest BCUT2D eigenvalue weighted by molar-refractivity contribution is 7.97. The van der Waals surface area contributed by atoms with Gasteiger partial charge in [0.25, 0.3) is 5.69 Å². The fourth-order valence-corrected chi connectivity index (χ4v) is 2.25. The number of hydrogen-bond acceptors (Lipinski definition) is 6. The maximum absolute atomic E-state index is 10.7. The molecular weight excluding hydrogens is 290 g/mol. The molecular formula is C14H13N3O3S. The van der Waals surface area contributed by atoms with E-state index in [4.69, 9.17) is 9.68 Å². The van der Waals surface area contributed by atoms with Crippen LogP contribution in [0.1, 0.15) is 17.1 Å². The monoisotopic (exact) mass is 303 g/mol. The molecule has 21 heavy (non-hydrogen) atoms. The third-order valence-corrected chi connectivity index (χ3v) is 3.36. The summed E-state index contributed by atoms with van der Waals surface area (Å²) in [5, 5.41) is 22.8. The van der Waals surface area contributed by atoms with Gasteiger partial charge < -0.3 is 9.73 Å². The van der Waals surface area contributed by atoms with Crippen molar-refractivity contribution >= 4 is 23.1 Å². The Morgan fingerprint density at radius 1 is 1.38 bits per heavy atom. The van der Waals surface area contributed by atoms with E-state index in [1.54, 1.807) is 11.8 Å². The van der Waals surface area contributed by atoms with Crippen LogP contribution in [0, 0.1) is 21.4 Å². The van der Waals surface area contributed by atoms with Crippen molar-refractivity contribution in [1.29, 1.82) is 5.26 Å². The number of nitriles is 1. The Kier molecular flexibility index (Phi) is 4.85. The van der Waals surface area contributed by atoms with E-state index in [-0.39, 0.29) is 11.3 Å². The zero-order valence-corrected chi connectivity index (χ0v) is 12.1. The molecule has 0 spiro atoms. The second-order valence-electron chi connectivity index (χ2n) is 4.25. The number of furan rings is 1. The molecule has 7 heteroatoms. The molecule has 0 saturated carbocycles. The Balaban J connectivity index is 2.08. The molecule has 0 aliphatic carbocycles. The molecule has 0 atom stereocenters. The zero-order valence-electron chi connectivity index (χ0n) is 11.3. The van der Waals surface area contributed by atoms with Crippen LogP contribution in [-0.2, 0) is 12.3 Å². The van der Waals surface area contributed by atoms with Crippen LogP contribution in [0.2, 0.25) is 0 Å². The molecule has 0 aliphatic rings. The Bertz CT molecular complexity index is 691. The number of rotatable bonds is 6. The van der Waals surface area contributed by atoms with Crippen LogP contribution in [0.5, 0.6) is 0 Å². The molecule has 108 valence electrons. The molecule has 0 aliphatic heterocycles. The zero-order chi connectivity index (χ0) is 15.2. The molecule has 0 saturated heterocycles. The summed E-state index contributed by atoms with van der Waals surface area (Å²) in [6, 6.07) is 9.88. The molecule has 0 fully saturated rings. The lowest BCUT2D eigenvalue weighted by atomic mass is 10.1. The predicted octanol–water partition coefficient (Wildman–Crippen LogP) is 3.53. The van der Waals surface area contributed by atoms with Gasteiger partial charge in [0.2, 0.25) is 0 Å². The van der Waals surface area contributed by atoms with Crippen molar-refractivity contribution in [3.8, 4) is 6.07 Å². The van der Waals surface area contributed by atoms with Crippen LogP contribution in [0.4, 0.5) is 11.4 Å². The van der Waals surface area contributed by atoms with Crippen LogP contribution < -0.4 is 5.32 Å². The SMILES string of the molecule is CSCc1ccc(CNc2ccc([N+](=O)[O-])cc2C#N)o1. The van der Waals surface area contributed by atoms with E-state index < -0.39 is 4.92 Å². The van der Waals surface area contributed by atoms with E-state index in [9.17, 15) is 10.1 Å². The Labute approximate surface area is 125 Å². The minimum absolute atomic E-state index is 0.0997. The van der Waals surface area contributed by atoms with Crippen LogP contribution >= 0.6 is 11.8 Å². The molecule has 0 amide bonds. The first-order chi connectivity index (χ1) is 10.1. The van der Waals surface area contributed by atoms with E-state index in [1.165, 1.54) is 18.2 Å². The molecule has 6 nitrogen and oxygen atoms in total. The van der Waals surface area contributed by atoms with E-state index in [0.717, 1.165) is 17.3 Å². The Morgan fingerprint density at radius 2 is 2.14 bits per heavy atom. The first-order valence-corrected chi connectivity index (χ1v) is 7.52. The van der Waals surface area contributed by atoms with Gasteiger partial charge in [-0.15, -0.1) is 0 Å². The number of nitrogens with one attached hydrogen (secondary N) is 1. The van der Waals surface area contributed by atoms with Crippen LogP contribution in [0.15, 0.2) is 34.7 Å². The van der Waals surface area contributed by atoms with Gasteiger partial charge >= 0.3 is 0 Å². The third-order valence-electron chi connectivity index (χ3n) is 2.79. The van der Waals surface area contributed by atoms with Crippen molar-refractivity contribution in [2.45, 2.75) is 12.3 Å². The summed E-state index contributed by atoms with van der Waals surface area (Å²) in [5.41, 5.74) is 0.684. The number of thioether (sulfide) groups is 1. The van der Waals surface area contributed by atoms with Crippen molar-refractivity contribution < 1.29 is 9.34 Å². The summed E-state index contributed by atoms with van der Waals surface area (Å²) in [6.07, 6.45) is 2.00.